The highest BCUT2D eigenvalue weighted by molar-refractivity contribution is 5.93. The van der Waals surface area contributed by atoms with E-state index >= 15 is 0 Å². The molecule has 0 saturated carbocycles. The van der Waals surface area contributed by atoms with E-state index in [2.05, 4.69) is 15.3 Å². The highest BCUT2D eigenvalue weighted by Gasteiger charge is 2.32. The number of Topliss-reactive ketones (excluding diaryl/α,β-unsaturated/α-hetero) is 1. The van der Waals surface area contributed by atoms with E-state index in [1.807, 2.05) is 0 Å². The van der Waals surface area contributed by atoms with Crippen molar-refractivity contribution in [2.45, 2.75) is 78.0 Å². The van der Waals surface area contributed by atoms with Gasteiger partial charge in [-0.2, -0.15) is 0 Å². The maximum absolute atomic E-state index is 13.6. The van der Waals surface area contributed by atoms with Crippen molar-refractivity contribution in [3.63, 3.8) is 0 Å². The van der Waals surface area contributed by atoms with Crippen LogP contribution >= 0.6 is 0 Å². The third-order valence-corrected chi connectivity index (χ3v) is 5.80. The van der Waals surface area contributed by atoms with Gasteiger partial charge in [0.1, 0.15) is 29.0 Å². The van der Waals surface area contributed by atoms with Crippen molar-refractivity contribution in [3.05, 3.63) is 71.3 Å². The van der Waals surface area contributed by atoms with Gasteiger partial charge in [-0.3, -0.25) is 4.79 Å². The Balaban J connectivity index is 1.97. The molecule has 3 aromatic rings. The van der Waals surface area contributed by atoms with Crippen LogP contribution in [0.25, 0.3) is 11.3 Å². The number of aliphatic hydroxyl groups is 1. The van der Waals surface area contributed by atoms with Crippen molar-refractivity contribution >= 4 is 11.9 Å². The molecule has 0 aliphatic rings. The van der Waals surface area contributed by atoms with Crippen molar-refractivity contribution in [2.75, 3.05) is 0 Å². The van der Waals surface area contributed by atoms with E-state index in [4.69, 9.17) is 9.15 Å². The number of amides is 1. The fourth-order valence-electron chi connectivity index (χ4n) is 3.67. The lowest BCUT2D eigenvalue weighted by Gasteiger charge is -2.31. The summed E-state index contributed by atoms with van der Waals surface area (Å²) in [6, 6.07) is 9.28. The molecule has 0 aliphatic heterocycles. The summed E-state index contributed by atoms with van der Waals surface area (Å²) in [5.74, 6) is -0.271. The van der Waals surface area contributed by atoms with Gasteiger partial charge in [-0.15, -0.1) is 0 Å². The van der Waals surface area contributed by atoms with Crippen LogP contribution in [0.5, 0.6) is 0 Å². The highest BCUT2D eigenvalue weighted by atomic mass is 19.1. The molecule has 9 heteroatoms. The summed E-state index contributed by atoms with van der Waals surface area (Å²) in [5, 5.41) is 14.3. The predicted molar refractivity (Wildman–Crippen MR) is 136 cm³/mol. The minimum absolute atomic E-state index is 0.0102. The van der Waals surface area contributed by atoms with Gasteiger partial charge in [-0.25, -0.2) is 19.2 Å². The van der Waals surface area contributed by atoms with Crippen LogP contribution in [0.2, 0.25) is 0 Å². The third-order valence-electron chi connectivity index (χ3n) is 5.80. The second kappa shape index (κ2) is 10.4. The van der Waals surface area contributed by atoms with Crippen molar-refractivity contribution in [2.24, 2.45) is 0 Å². The molecule has 1 unspecified atom stereocenters. The number of oxazole rings is 1. The first-order valence-corrected chi connectivity index (χ1v) is 12.0. The first-order valence-electron chi connectivity index (χ1n) is 12.0. The number of aryl methyl sites for hydroxylation is 1. The number of rotatable bonds is 8. The molecule has 0 fully saturated rings. The number of carbonyl (C=O) groups excluding carboxylic acids is 2. The van der Waals surface area contributed by atoms with Gasteiger partial charge in [0, 0.05) is 18.9 Å². The fraction of sp³-hybridized carbons (Fsp3) is 0.429. The molecule has 1 aromatic carbocycles. The van der Waals surface area contributed by atoms with E-state index < -0.39 is 22.8 Å². The van der Waals surface area contributed by atoms with Gasteiger partial charge in [0.15, 0.2) is 11.7 Å². The summed E-state index contributed by atoms with van der Waals surface area (Å²) in [6.45, 7) is 12.1. The van der Waals surface area contributed by atoms with Crippen LogP contribution in [0.4, 0.5) is 9.18 Å². The van der Waals surface area contributed by atoms with Gasteiger partial charge < -0.3 is 19.6 Å². The minimum atomic E-state index is -1.50. The Morgan fingerprint density at radius 2 is 1.70 bits per heavy atom. The molecule has 2 aromatic heterocycles. The summed E-state index contributed by atoms with van der Waals surface area (Å²) < 4.78 is 24.1. The summed E-state index contributed by atoms with van der Waals surface area (Å²) in [5.41, 5.74) is -0.854. The van der Waals surface area contributed by atoms with E-state index in [1.54, 1.807) is 72.7 Å². The Morgan fingerprint density at radius 1 is 1.05 bits per heavy atom. The van der Waals surface area contributed by atoms with Gasteiger partial charge in [-0.1, -0.05) is 0 Å². The Hall–Kier alpha value is -3.59. The Morgan fingerprint density at radius 3 is 2.27 bits per heavy atom. The van der Waals surface area contributed by atoms with Crippen LogP contribution in [-0.4, -0.2) is 32.6 Å². The first-order chi connectivity index (χ1) is 17.1. The number of aromatic nitrogens is 2. The van der Waals surface area contributed by atoms with Crippen LogP contribution in [0.1, 0.15) is 82.0 Å². The number of ketones is 1. The lowest BCUT2D eigenvalue weighted by atomic mass is 9.87. The van der Waals surface area contributed by atoms with Crippen LogP contribution in [0.15, 0.2) is 47.1 Å². The van der Waals surface area contributed by atoms with Crippen molar-refractivity contribution in [1.82, 2.24) is 15.3 Å². The SMILES string of the molecule is Cc1nc(C(=O)CCC(C)(O)c2cc(C(C)(C)NC(=O)OC(C)(C)C)cc(-c3ccc(F)cc3)n2)co1. The van der Waals surface area contributed by atoms with Crippen LogP contribution < -0.4 is 5.32 Å². The molecule has 0 radical (unpaired) electrons. The number of alkyl carbamates (subject to hydrolysis) is 1. The summed E-state index contributed by atoms with van der Waals surface area (Å²) in [7, 11) is 0. The maximum atomic E-state index is 13.6. The molecule has 1 atom stereocenters. The molecule has 37 heavy (non-hydrogen) atoms. The van der Waals surface area contributed by atoms with Gasteiger partial charge in [0.2, 0.25) is 0 Å². The average Bonchev–Trinajstić information content (AvgIpc) is 3.22. The highest BCUT2D eigenvalue weighted by Crippen LogP contribution is 2.33. The standard InChI is InChI=1S/C28H34FN3O5/c1-17-30-22(16-36-17)23(33)12-13-28(7,35)24-15-19(27(5,6)32-25(34)37-26(2,3)4)14-21(31-24)18-8-10-20(29)11-9-18/h8-11,14-16,35H,12-13H2,1-7H3,(H,32,34). The van der Waals surface area contributed by atoms with Crippen molar-refractivity contribution in [1.29, 1.82) is 0 Å². The summed E-state index contributed by atoms with van der Waals surface area (Å²) >= 11 is 0. The number of pyridine rings is 1. The molecular formula is C28H34FN3O5. The zero-order valence-corrected chi connectivity index (χ0v) is 22.3. The number of benzene rings is 1. The maximum Gasteiger partial charge on any atom is 0.408 e. The van der Waals surface area contributed by atoms with E-state index in [9.17, 15) is 19.1 Å². The lowest BCUT2D eigenvalue weighted by Crippen LogP contribution is -2.44. The Bertz CT molecular complexity index is 1270. The average molecular weight is 512 g/mol. The zero-order valence-electron chi connectivity index (χ0n) is 22.3. The Labute approximate surface area is 216 Å². The number of nitrogens with one attached hydrogen (secondary N) is 1. The van der Waals surface area contributed by atoms with Crippen molar-refractivity contribution in [3.8, 4) is 11.3 Å². The summed E-state index contributed by atoms with van der Waals surface area (Å²) in [4.78, 5) is 33.8. The van der Waals surface area contributed by atoms with E-state index in [1.165, 1.54) is 18.4 Å². The number of ether oxygens (including phenoxy) is 1. The predicted octanol–water partition coefficient (Wildman–Crippen LogP) is 5.81. The van der Waals surface area contributed by atoms with Crippen LogP contribution in [-0.2, 0) is 15.9 Å². The van der Waals surface area contributed by atoms with Crippen LogP contribution in [0, 0.1) is 12.7 Å². The molecule has 3 rings (SSSR count). The monoisotopic (exact) mass is 511 g/mol. The van der Waals surface area contributed by atoms with Gasteiger partial charge in [0.05, 0.1) is 16.9 Å². The number of carbonyl (C=O) groups is 2. The minimum Gasteiger partial charge on any atom is -0.449 e. The number of hydrogen-bond donors (Lipinski definition) is 2. The molecule has 0 saturated heterocycles. The normalized spacial score (nSPS) is 13.6. The largest absolute Gasteiger partial charge is 0.449 e. The molecule has 1 amide bonds. The number of halogens is 1. The van der Waals surface area contributed by atoms with E-state index in [0.29, 0.717) is 28.4 Å². The molecule has 8 nitrogen and oxygen atoms in total. The second-order valence-corrected chi connectivity index (χ2v) is 10.8. The van der Waals surface area contributed by atoms with E-state index in [-0.39, 0.29) is 30.1 Å². The molecular weight excluding hydrogens is 477 g/mol. The van der Waals surface area contributed by atoms with Crippen LogP contribution in [0.3, 0.4) is 0 Å². The molecule has 2 N–H and O–H groups in total. The molecule has 198 valence electrons. The zero-order chi connectivity index (χ0) is 27.6. The molecule has 0 aliphatic carbocycles. The number of hydrogen-bond acceptors (Lipinski definition) is 7. The molecule has 2 heterocycles. The van der Waals surface area contributed by atoms with E-state index in [0.717, 1.165) is 0 Å². The first kappa shape index (κ1) is 28.0. The molecule has 0 bridgehead atoms. The second-order valence-electron chi connectivity index (χ2n) is 10.8. The fourth-order valence-corrected chi connectivity index (χ4v) is 3.67. The van der Waals surface area contributed by atoms with Crippen molar-refractivity contribution < 1.29 is 28.2 Å². The van der Waals surface area contributed by atoms with Gasteiger partial charge in [0.25, 0.3) is 0 Å². The topological polar surface area (TPSA) is 115 Å². The smallest absolute Gasteiger partial charge is 0.408 e. The lowest BCUT2D eigenvalue weighted by molar-refractivity contribution is 0.0394. The Kier molecular flexibility index (Phi) is 7.88. The third kappa shape index (κ3) is 7.45. The quantitative estimate of drug-likeness (QED) is 0.367. The van der Waals surface area contributed by atoms with Gasteiger partial charge >= 0.3 is 6.09 Å². The summed E-state index contributed by atoms with van der Waals surface area (Å²) in [6.07, 6.45) is 0.773. The number of nitrogens with zero attached hydrogens (tertiary/aromatic N) is 2. The van der Waals surface area contributed by atoms with Gasteiger partial charge in [-0.05, 0) is 89.9 Å². The molecule has 0 spiro atoms.